The fourth-order valence-electron chi connectivity index (χ4n) is 2.72. The SMILES string of the molecule is CCCCC(=O)NC(=S)Nc1ccc(N2CCN(S(C)(=O)=O)CC2)cc1. The normalized spacial score (nSPS) is 15.5. The van der Waals surface area contributed by atoms with E-state index in [1.165, 1.54) is 10.6 Å². The Labute approximate surface area is 160 Å². The number of hydrogen-bond donors (Lipinski definition) is 2. The summed E-state index contributed by atoms with van der Waals surface area (Å²) in [7, 11) is -3.12. The monoisotopic (exact) mass is 398 g/mol. The van der Waals surface area contributed by atoms with Crippen molar-refractivity contribution in [2.45, 2.75) is 26.2 Å². The lowest BCUT2D eigenvalue weighted by Gasteiger charge is -2.34. The first-order chi connectivity index (χ1) is 12.3. The van der Waals surface area contributed by atoms with Gasteiger partial charge in [0.05, 0.1) is 6.26 Å². The fraction of sp³-hybridized carbons (Fsp3) is 0.529. The Morgan fingerprint density at radius 3 is 2.31 bits per heavy atom. The molecule has 0 atom stereocenters. The first kappa shape index (κ1) is 20.6. The second-order valence-electron chi connectivity index (χ2n) is 6.30. The van der Waals surface area contributed by atoms with Gasteiger partial charge in [-0.2, -0.15) is 4.31 Å². The summed E-state index contributed by atoms with van der Waals surface area (Å²) in [6.45, 7) is 4.34. The number of carbonyl (C=O) groups is 1. The maximum Gasteiger partial charge on any atom is 0.226 e. The average molecular weight is 399 g/mol. The van der Waals surface area contributed by atoms with Gasteiger partial charge in [0.25, 0.3) is 0 Å². The summed E-state index contributed by atoms with van der Waals surface area (Å²) in [5.41, 5.74) is 1.82. The minimum Gasteiger partial charge on any atom is -0.369 e. The van der Waals surface area contributed by atoms with Crippen molar-refractivity contribution in [3.63, 3.8) is 0 Å². The van der Waals surface area contributed by atoms with Crippen molar-refractivity contribution in [2.75, 3.05) is 42.7 Å². The number of amides is 1. The molecule has 1 aliphatic rings. The molecule has 0 saturated carbocycles. The topological polar surface area (TPSA) is 81.8 Å². The quantitative estimate of drug-likeness (QED) is 0.711. The first-order valence-corrected chi connectivity index (χ1v) is 11.0. The number of unbranched alkanes of at least 4 members (excludes halogenated alkanes) is 1. The number of hydrogen-bond acceptors (Lipinski definition) is 5. The van der Waals surface area contributed by atoms with Gasteiger partial charge >= 0.3 is 0 Å². The number of rotatable bonds is 6. The van der Waals surface area contributed by atoms with Crippen molar-refractivity contribution in [3.05, 3.63) is 24.3 Å². The highest BCUT2D eigenvalue weighted by molar-refractivity contribution is 7.88. The van der Waals surface area contributed by atoms with E-state index in [4.69, 9.17) is 12.2 Å². The van der Waals surface area contributed by atoms with Crippen LogP contribution in [0.5, 0.6) is 0 Å². The third kappa shape index (κ3) is 6.22. The Bertz CT molecular complexity index is 727. The smallest absolute Gasteiger partial charge is 0.226 e. The van der Waals surface area contributed by atoms with E-state index in [2.05, 4.69) is 15.5 Å². The van der Waals surface area contributed by atoms with Gasteiger partial charge in [-0.25, -0.2) is 8.42 Å². The molecule has 26 heavy (non-hydrogen) atoms. The van der Waals surface area contributed by atoms with Crippen LogP contribution in [0.2, 0.25) is 0 Å². The van der Waals surface area contributed by atoms with Crippen LogP contribution in [-0.4, -0.2) is 56.2 Å². The Kier molecular flexibility index (Phi) is 7.36. The number of nitrogens with one attached hydrogen (secondary N) is 2. The van der Waals surface area contributed by atoms with Crippen LogP contribution in [0.4, 0.5) is 11.4 Å². The number of sulfonamides is 1. The zero-order valence-electron chi connectivity index (χ0n) is 15.2. The Hall–Kier alpha value is -1.71. The predicted molar refractivity (Wildman–Crippen MR) is 109 cm³/mol. The third-order valence-electron chi connectivity index (χ3n) is 4.21. The van der Waals surface area contributed by atoms with Crippen LogP contribution in [0.25, 0.3) is 0 Å². The van der Waals surface area contributed by atoms with E-state index in [1.54, 1.807) is 0 Å². The molecule has 0 radical (unpaired) electrons. The van der Waals surface area contributed by atoms with Gasteiger partial charge in [0.2, 0.25) is 15.9 Å². The number of benzene rings is 1. The lowest BCUT2D eigenvalue weighted by Crippen LogP contribution is -2.48. The lowest BCUT2D eigenvalue weighted by atomic mass is 10.2. The van der Waals surface area contributed by atoms with Crippen molar-refractivity contribution in [3.8, 4) is 0 Å². The number of thiocarbonyl (C=S) groups is 1. The van der Waals surface area contributed by atoms with Crippen LogP contribution in [0.15, 0.2) is 24.3 Å². The number of piperazine rings is 1. The van der Waals surface area contributed by atoms with Crippen LogP contribution in [-0.2, 0) is 14.8 Å². The van der Waals surface area contributed by atoms with E-state index in [1.807, 2.05) is 31.2 Å². The lowest BCUT2D eigenvalue weighted by molar-refractivity contribution is -0.119. The second kappa shape index (κ2) is 9.29. The van der Waals surface area contributed by atoms with E-state index in [-0.39, 0.29) is 5.91 Å². The van der Waals surface area contributed by atoms with Crippen molar-refractivity contribution < 1.29 is 13.2 Å². The molecule has 7 nitrogen and oxygen atoms in total. The van der Waals surface area contributed by atoms with Gasteiger partial charge in [0.1, 0.15) is 0 Å². The first-order valence-electron chi connectivity index (χ1n) is 8.70. The minimum absolute atomic E-state index is 0.0790. The van der Waals surface area contributed by atoms with E-state index in [0.29, 0.717) is 37.7 Å². The third-order valence-corrected chi connectivity index (χ3v) is 5.72. The van der Waals surface area contributed by atoms with Crippen LogP contribution in [0.3, 0.4) is 0 Å². The van der Waals surface area contributed by atoms with E-state index in [0.717, 1.165) is 24.2 Å². The van der Waals surface area contributed by atoms with Crippen LogP contribution in [0, 0.1) is 0 Å². The zero-order chi connectivity index (χ0) is 19.2. The molecule has 9 heteroatoms. The summed E-state index contributed by atoms with van der Waals surface area (Å²) >= 11 is 5.15. The summed E-state index contributed by atoms with van der Waals surface area (Å²) in [6.07, 6.45) is 3.52. The number of carbonyl (C=O) groups excluding carboxylic acids is 1. The van der Waals surface area contributed by atoms with E-state index >= 15 is 0 Å². The zero-order valence-corrected chi connectivity index (χ0v) is 16.8. The van der Waals surface area contributed by atoms with Crippen molar-refractivity contribution in [2.24, 2.45) is 0 Å². The summed E-state index contributed by atoms with van der Waals surface area (Å²) in [5, 5.41) is 5.96. The summed E-state index contributed by atoms with van der Waals surface area (Å²) < 4.78 is 24.6. The molecule has 0 aliphatic carbocycles. The van der Waals surface area contributed by atoms with Gasteiger partial charge in [-0.05, 0) is 42.9 Å². The summed E-state index contributed by atoms with van der Waals surface area (Å²) in [4.78, 5) is 13.8. The van der Waals surface area contributed by atoms with E-state index in [9.17, 15) is 13.2 Å². The van der Waals surface area contributed by atoms with Gasteiger partial charge in [0.15, 0.2) is 5.11 Å². The summed E-state index contributed by atoms with van der Waals surface area (Å²) in [6, 6.07) is 7.70. The van der Waals surface area contributed by atoms with Crippen molar-refractivity contribution >= 4 is 44.6 Å². The Morgan fingerprint density at radius 1 is 1.15 bits per heavy atom. The Morgan fingerprint density at radius 2 is 1.77 bits per heavy atom. The number of anilines is 2. The molecule has 0 spiro atoms. The fourth-order valence-corrected chi connectivity index (χ4v) is 3.78. The molecular formula is C17H26N4O3S2. The molecule has 1 saturated heterocycles. The highest BCUT2D eigenvalue weighted by Gasteiger charge is 2.23. The molecule has 1 amide bonds. The predicted octanol–water partition coefficient (Wildman–Crippen LogP) is 1.77. The molecule has 1 aromatic carbocycles. The number of nitrogens with zero attached hydrogens (tertiary/aromatic N) is 2. The van der Waals surface area contributed by atoms with Gasteiger partial charge < -0.3 is 15.5 Å². The average Bonchev–Trinajstić information content (AvgIpc) is 2.60. The molecule has 2 rings (SSSR count). The van der Waals surface area contributed by atoms with Crippen LogP contribution in [0.1, 0.15) is 26.2 Å². The van der Waals surface area contributed by atoms with Gasteiger partial charge in [-0.15, -0.1) is 0 Å². The van der Waals surface area contributed by atoms with Crippen molar-refractivity contribution in [1.82, 2.24) is 9.62 Å². The molecule has 1 aromatic rings. The molecule has 2 N–H and O–H groups in total. The van der Waals surface area contributed by atoms with Gasteiger partial charge in [0, 0.05) is 44.0 Å². The molecule has 1 heterocycles. The largest absolute Gasteiger partial charge is 0.369 e. The molecular weight excluding hydrogens is 372 g/mol. The van der Waals surface area contributed by atoms with E-state index < -0.39 is 10.0 Å². The molecule has 144 valence electrons. The molecule has 0 unspecified atom stereocenters. The van der Waals surface area contributed by atoms with Gasteiger partial charge in [-0.1, -0.05) is 13.3 Å². The molecule has 1 fully saturated rings. The van der Waals surface area contributed by atoms with Crippen molar-refractivity contribution in [1.29, 1.82) is 0 Å². The maximum atomic E-state index is 11.7. The maximum absolute atomic E-state index is 11.7. The van der Waals surface area contributed by atoms with Gasteiger partial charge in [-0.3, -0.25) is 4.79 Å². The highest BCUT2D eigenvalue weighted by atomic mass is 32.2. The minimum atomic E-state index is -3.12. The molecule has 0 aromatic heterocycles. The molecule has 1 aliphatic heterocycles. The van der Waals surface area contributed by atoms with Crippen LogP contribution < -0.4 is 15.5 Å². The summed E-state index contributed by atoms with van der Waals surface area (Å²) in [5.74, 6) is -0.0790. The Balaban J connectivity index is 1.85. The second-order valence-corrected chi connectivity index (χ2v) is 8.69. The highest BCUT2D eigenvalue weighted by Crippen LogP contribution is 2.20. The standard InChI is InChI=1S/C17H26N4O3S2/c1-3-4-5-16(22)19-17(25)18-14-6-8-15(9-7-14)20-10-12-21(13-11-20)26(2,23)24/h6-9H,3-5,10-13H2,1-2H3,(H2,18,19,22,25). The van der Waals surface area contributed by atoms with Crippen LogP contribution >= 0.6 is 12.2 Å². The molecule has 0 bridgehead atoms.